The molecule has 0 saturated carbocycles. The molecule has 6 aromatic carbocycles. The first-order chi connectivity index (χ1) is 21.8. The van der Waals surface area contributed by atoms with Crippen molar-refractivity contribution >= 4 is 43.9 Å². The molecule has 0 amide bonds. The second kappa shape index (κ2) is 9.75. The Morgan fingerprint density at radius 1 is 0.295 bits per heavy atom. The number of hydrogen-bond donors (Lipinski definition) is 0. The van der Waals surface area contributed by atoms with Crippen LogP contribution in [0.5, 0.6) is 0 Å². The van der Waals surface area contributed by atoms with Crippen LogP contribution in [-0.4, -0.2) is 15.0 Å². The van der Waals surface area contributed by atoms with Crippen molar-refractivity contribution < 1.29 is 8.83 Å². The predicted octanol–water partition coefficient (Wildman–Crippen LogP) is 10.3. The van der Waals surface area contributed by atoms with E-state index in [2.05, 4.69) is 60.7 Å². The second-order valence-electron chi connectivity index (χ2n) is 10.9. The summed E-state index contributed by atoms with van der Waals surface area (Å²) in [7, 11) is 0. The summed E-state index contributed by atoms with van der Waals surface area (Å²) in [4.78, 5) is 14.8. The molecule has 0 bridgehead atoms. The van der Waals surface area contributed by atoms with Gasteiger partial charge in [-0.25, -0.2) is 15.0 Å². The molecule has 9 aromatic rings. The zero-order chi connectivity index (χ0) is 29.0. The van der Waals surface area contributed by atoms with Crippen molar-refractivity contribution in [3.63, 3.8) is 0 Å². The van der Waals surface area contributed by atoms with E-state index in [-0.39, 0.29) is 0 Å². The molecular weight excluding hydrogens is 542 g/mol. The van der Waals surface area contributed by atoms with Crippen molar-refractivity contribution in [1.82, 2.24) is 15.0 Å². The maximum atomic E-state index is 6.33. The Morgan fingerprint density at radius 3 is 1.43 bits per heavy atom. The fraction of sp³-hybridized carbons (Fsp3) is 0. The average molecular weight is 566 g/mol. The molecule has 0 unspecified atom stereocenters. The van der Waals surface area contributed by atoms with E-state index in [1.54, 1.807) is 0 Å². The van der Waals surface area contributed by atoms with Crippen LogP contribution >= 0.6 is 0 Å². The SMILES string of the molecule is c1ccc(-c2ccc3oc4cc(-c5nc(-c6ccccc6)nc(-c6ccc7c(c6)oc6ccccc67)n5)ccc4c3c2)cc1. The Bertz CT molecular complexity index is 2500. The van der Waals surface area contributed by atoms with Crippen LogP contribution in [-0.2, 0) is 0 Å². The van der Waals surface area contributed by atoms with Crippen LogP contribution in [0.4, 0.5) is 0 Å². The van der Waals surface area contributed by atoms with E-state index in [0.29, 0.717) is 17.5 Å². The molecule has 0 aliphatic heterocycles. The third kappa shape index (κ3) is 4.06. The van der Waals surface area contributed by atoms with Gasteiger partial charge in [-0.3, -0.25) is 0 Å². The topological polar surface area (TPSA) is 65.0 Å². The molecule has 0 atom stereocenters. The summed E-state index contributed by atoms with van der Waals surface area (Å²) >= 11 is 0. The highest BCUT2D eigenvalue weighted by Crippen LogP contribution is 2.36. The Labute approximate surface area is 252 Å². The lowest BCUT2D eigenvalue weighted by molar-refractivity contribution is 0.668. The van der Waals surface area contributed by atoms with Crippen LogP contribution in [0.25, 0.3) is 89.2 Å². The second-order valence-corrected chi connectivity index (χ2v) is 10.9. The van der Waals surface area contributed by atoms with Crippen LogP contribution in [0.1, 0.15) is 0 Å². The summed E-state index contributed by atoms with van der Waals surface area (Å²) in [6, 6.07) is 47.1. The fourth-order valence-corrected chi connectivity index (χ4v) is 5.94. The minimum atomic E-state index is 0.575. The van der Waals surface area contributed by atoms with Gasteiger partial charge >= 0.3 is 0 Å². The molecule has 0 fully saturated rings. The van der Waals surface area contributed by atoms with Crippen LogP contribution < -0.4 is 0 Å². The van der Waals surface area contributed by atoms with Gasteiger partial charge in [0.25, 0.3) is 0 Å². The smallest absolute Gasteiger partial charge is 0.164 e. The summed E-state index contributed by atoms with van der Waals surface area (Å²) in [5, 5.41) is 4.28. The molecule has 0 radical (unpaired) electrons. The van der Waals surface area contributed by atoms with Crippen molar-refractivity contribution in [2.75, 3.05) is 0 Å². The fourth-order valence-electron chi connectivity index (χ4n) is 5.94. The molecule has 3 heterocycles. The number of para-hydroxylation sites is 1. The highest BCUT2D eigenvalue weighted by Gasteiger charge is 2.16. The van der Waals surface area contributed by atoms with Crippen LogP contribution in [0.15, 0.2) is 148 Å². The van der Waals surface area contributed by atoms with Crippen molar-refractivity contribution in [2.45, 2.75) is 0 Å². The highest BCUT2D eigenvalue weighted by molar-refractivity contribution is 6.07. The lowest BCUT2D eigenvalue weighted by Crippen LogP contribution is -2.00. The van der Waals surface area contributed by atoms with Gasteiger partial charge in [0, 0.05) is 38.2 Å². The molecule has 5 nitrogen and oxygen atoms in total. The van der Waals surface area contributed by atoms with Crippen LogP contribution in [0.2, 0.25) is 0 Å². The van der Waals surface area contributed by atoms with E-state index < -0.39 is 0 Å². The number of aromatic nitrogens is 3. The molecule has 0 aliphatic carbocycles. The Balaban J connectivity index is 1.19. The number of nitrogens with zero attached hydrogens (tertiary/aromatic N) is 3. The molecule has 9 rings (SSSR count). The average Bonchev–Trinajstić information content (AvgIpc) is 3.66. The largest absolute Gasteiger partial charge is 0.456 e. The summed E-state index contributed by atoms with van der Waals surface area (Å²) in [5.74, 6) is 1.76. The van der Waals surface area contributed by atoms with Gasteiger partial charge in [0.15, 0.2) is 17.5 Å². The van der Waals surface area contributed by atoms with Gasteiger partial charge < -0.3 is 8.83 Å². The van der Waals surface area contributed by atoms with Gasteiger partial charge in [-0.1, -0.05) is 97.1 Å². The summed E-state index contributed by atoms with van der Waals surface area (Å²) < 4.78 is 12.5. The molecular formula is C39H23N3O2. The first-order valence-corrected chi connectivity index (χ1v) is 14.5. The van der Waals surface area contributed by atoms with E-state index in [1.807, 2.05) is 78.9 Å². The van der Waals surface area contributed by atoms with E-state index in [0.717, 1.165) is 66.1 Å². The number of furan rings is 2. The number of fused-ring (bicyclic) bond motifs is 6. The van der Waals surface area contributed by atoms with Crippen molar-refractivity contribution in [2.24, 2.45) is 0 Å². The molecule has 206 valence electrons. The van der Waals surface area contributed by atoms with E-state index in [1.165, 1.54) is 5.56 Å². The zero-order valence-corrected chi connectivity index (χ0v) is 23.4. The third-order valence-corrected chi connectivity index (χ3v) is 8.14. The quantitative estimate of drug-likeness (QED) is 0.212. The minimum Gasteiger partial charge on any atom is -0.456 e. The van der Waals surface area contributed by atoms with Gasteiger partial charge in [0.2, 0.25) is 0 Å². The Morgan fingerprint density at radius 2 is 0.773 bits per heavy atom. The normalized spacial score (nSPS) is 11.6. The zero-order valence-electron chi connectivity index (χ0n) is 23.4. The Kier molecular flexibility index (Phi) is 5.43. The van der Waals surface area contributed by atoms with Crippen LogP contribution in [0, 0.1) is 0 Å². The van der Waals surface area contributed by atoms with Gasteiger partial charge in [0.1, 0.15) is 22.3 Å². The van der Waals surface area contributed by atoms with Crippen molar-refractivity contribution in [3.8, 4) is 45.3 Å². The summed E-state index contributed by atoms with van der Waals surface area (Å²) in [5.41, 5.74) is 8.24. The molecule has 0 aliphatic rings. The van der Waals surface area contributed by atoms with Gasteiger partial charge in [0.05, 0.1) is 0 Å². The molecule has 44 heavy (non-hydrogen) atoms. The number of hydrogen-bond acceptors (Lipinski definition) is 5. The Hall–Kier alpha value is -6.07. The van der Waals surface area contributed by atoms with E-state index in [9.17, 15) is 0 Å². The summed E-state index contributed by atoms with van der Waals surface area (Å²) in [6.45, 7) is 0. The molecule has 3 aromatic heterocycles. The van der Waals surface area contributed by atoms with Crippen molar-refractivity contribution in [1.29, 1.82) is 0 Å². The van der Waals surface area contributed by atoms with Gasteiger partial charge in [-0.05, 0) is 53.6 Å². The number of benzene rings is 6. The molecule has 0 spiro atoms. The standard InChI is InChI=1S/C39H23N3O2/c1-3-9-24(10-4-1)26-17-20-34-32(21-26)31-19-16-28(23-36(31)44-34)39-41-37(25-11-5-2-6-12-25)40-38(42-39)27-15-18-30-29-13-7-8-14-33(29)43-35(30)22-27/h1-23H. The third-order valence-electron chi connectivity index (χ3n) is 8.14. The van der Waals surface area contributed by atoms with Gasteiger partial charge in [-0.15, -0.1) is 0 Å². The molecule has 0 saturated heterocycles. The first kappa shape index (κ1) is 24.5. The lowest BCUT2D eigenvalue weighted by atomic mass is 10.0. The number of rotatable bonds is 4. The monoisotopic (exact) mass is 565 g/mol. The lowest BCUT2D eigenvalue weighted by Gasteiger charge is -2.08. The first-order valence-electron chi connectivity index (χ1n) is 14.5. The maximum absolute atomic E-state index is 6.33. The highest BCUT2D eigenvalue weighted by atomic mass is 16.3. The van der Waals surface area contributed by atoms with Gasteiger partial charge in [-0.2, -0.15) is 0 Å². The van der Waals surface area contributed by atoms with Crippen LogP contribution in [0.3, 0.4) is 0 Å². The molecule has 5 heteroatoms. The predicted molar refractivity (Wildman–Crippen MR) is 176 cm³/mol. The van der Waals surface area contributed by atoms with E-state index in [4.69, 9.17) is 23.8 Å². The molecule has 0 N–H and O–H groups in total. The summed E-state index contributed by atoms with van der Waals surface area (Å²) in [6.07, 6.45) is 0. The van der Waals surface area contributed by atoms with E-state index >= 15 is 0 Å². The minimum absolute atomic E-state index is 0.575. The van der Waals surface area contributed by atoms with Crippen molar-refractivity contribution in [3.05, 3.63) is 140 Å². The maximum Gasteiger partial charge on any atom is 0.164 e.